The quantitative estimate of drug-likeness (QED) is 0.661. The molecule has 0 saturated heterocycles. The molecule has 1 aliphatic carbocycles. The predicted octanol–water partition coefficient (Wildman–Crippen LogP) is 0.939. The summed E-state index contributed by atoms with van der Waals surface area (Å²) >= 11 is 0. The van der Waals surface area contributed by atoms with Crippen molar-refractivity contribution in [3.8, 4) is 0 Å². The van der Waals surface area contributed by atoms with Crippen molar-refractivity contribution < 1.29 is 16.9 Å². The second-order valence-electron chi connectivity index (χ2n) is 7.62. The van der Waals surface area contributed by atoms with E-state index in [9.17, 15) is 0 Å². The molecular formula is C15H32ClN. The highest BCUT2D eigenvalue weighted by Gasteiger charge is 2.36. The first-order chi connectivity index (χ1) is 7.22. The molecule has 2 unspecified atom stereocenters. The van der Waals surface area contributed by atoms with Gasteiger partial charge in [-0.3, -0.25) is 0 Å². The van der Waals surface area contributed by atoms with Crippen LogP contribution in [0.15, 0.2) is 0 Å². The van der Waals surface area contributed by atoms with Gasteiger partial charge in [0.2, 0.25) is 0 Å². The first-order valence-electron chi connectivity index (χ1n) is 7.03. The van der Waals surface area contributed by atoms with E-state index in [4.69, 9.17) is 0 Å². The fourth-order valence-electron chi connectivity index (χ4n) is 3.50. The van der Waals surface area contributed by atoms with Crippen LogP contribution in [-0.4, -0.2) is 32.2 Å². The summed E-state index contributed by atoms with van der Waals surface area (Å²) in [4.78, 5) is 0. The summed E-state index contributed by atoms with van der Waals surface area (Å²) in [5.41, 5.74) is 0.586. The van der Waals surface area contributed by atoms with Gasteiger partial charge in [0.05, 0.1) is 27.7 Å². The predicted molar refractivity (Wildman–Crippen MR) is 72.4 cm³/mol. The third-order valence-electron chi connectivity index (χ3n) is 4.52. The summed E-state index contributed by atoms with van der Waals surface area (Å²) in [6, 6.07) is 0. The van der Waals surface area contributed by atoms with E-state index in [-0.39, 0.29) is 12.4 Å². The van der Waals surface area contributed by atoms with Crippen LogP contribution in [0.5, 0.6) is 0 Å². The molecule has 0 bridgehead atoms. The van der Waals surface area contributed by atoms with Crippen LogP contribution in [0.1, 0.15) is 52.9 Å². The van der Waals surface area contributed by atoms with Gasteiger partial charge in [-0.05, 0) is 36.5 Å². The van der Waals surface area contributed by atoms with Crippen molar-refractivity contribution in [1.29, 1.82) is 0 Å². The Morgan fingerprint density at radius 1 is 1.18 bits per heavy atom. The molecular weight excluding hydrogens is 230 g/mol. The molecule has 104 valence electrons. The Labute approximate surface area is 115 Å². The fourth-order valence-corrected chi connectivity index (χ4v) is 3.50. The molecule has 1 nitrogen and oxygen atoms in total. The normalized spacial score (nSPS) is 28.6. The highest BCUT2D eigenvalue weighted by molar-refractivity contribution is 4.86. The zero-order valence-electron chi connectivity index (χ0n) is 12.7. The van der Waals surface area contributed by atoms with E-state index in [1.165, 1.54) is 38.6 Å². The molecule has 1 fully saturated rings. The molecule has 1 rings (SSSR count). The Kier molecular flexibility index (Phi) is 6.52. The van der Waals surface area contributed by atoms with Gasteiger partial charge in [-0.1, -0.05) is 33.6 Å². The SMILES string of the molecule is CC1CCCC(C)(C)C1CCC[N+](C)(C)C.[Cl-]. The Morgan fingerprint density at radius 2 is 1.76 bits per heavy atom. The Bertz CT molecular complexity index is 217. The van der Waals surface area contributed by atoms with Crippen molar-refractivity contribution in [1.82, 2.24) is 0 Å². The largest absolute Gasteiger partial charge is 1.00 e. The van der Waals surface area contributed by atoms with Gasteiger partial charge in [0.1, 0.15) is 0 Å². The standard InChI is InChI=1S/C15H32N.ClH/c1-13-9-7-11-15(2,3)14(13)10-8-12-16(4,5)6;/h13-14H,7-12H2,1-6H3;1H/q+1;/p-1. The van der Waals surface area contributed by atoms with Gasteiger partial charge in [-0.25, -0.2) is 0 Å². The van der Waals surface area contributed by atoms with Crippen molar-refractivity contribution in [2.75, 3.05) is 27.7 Å². The zero-order chi connectivity index (χ0) is 12.4. The van der Waals surface area contributed by atoms with Gasteiger partial charge < -0.3 is 16.9 Å². The number of halogens is 1. The van der Waals surface area contributed by atoms with E-state index in [0.717, 1.165) is 16.3 Å². The minimum atomic E-state index is 0. The van der Waals surface area contributed by atoms with Crippen molar-refractivity contribution in [2.24, 2.45) is 17.3 Å². The lowest BCUT2D eigenvalue weighted by atomic mass is 9.63. The zero-order valence-corrected chi connectivity index (χ0v) is 13.5. The summed E-state index contributed by atoms with van der Waals surface area (Å²) in [6.45, 7) is 8.76. The van der Waals surface area contributed by atoms with Gasteiger partial charge in [0, 0.05) is 0 Å². The summed E-state index contributed by atoms with van der Waals surface area (Å²) in [5, 5.41) is 0. The number of nitrogens with zero attached hydrogens (tertiary/aromatic N) is 1. The molecule has 0 N–H and O–H groups in total. The molecule has 0 aromatic rings. The smallest absolute Gasteiger partial charge is 0.0780 e. The Balaban J connectivity index is 0.00000256. The molecule has 1 aliphatic rings. The summed E-state index contributed by atoms with van der Waals surface area (Å²) < 4.78 is 1.11. The van der Waals surface area contributed by atoms with E-state index in [0.29, 0.717) is 5.41 Å². The molecule has 1 saturated carbocycles. The number of hydrogen-bond donors (Lipinski definition) is 0. The van der Waals surface area contributed by atoms with Gasteiger partial charge >= 0.3 is 0 Å². The van der Waals surface area contributed by atoms with Gasteiger partial charge in [0.15, 0.2) is 0 Å². The van der Waals surface area contributed by atoms with Crippen LogP contribution in [0.25, 0.3) is 0 Å². The van der Waals surface area contributed by atoms with Crippen LogP contribution in [0.3, 0.4) is 0 Å². The van der Waals surface area contributed by atoms with E-state index in [1.807, 2.05) is 0 Å². The molecule has 0 aromatic carbocycles. The molecule has 0 heterocycles. The van der Waals surface area contributed by atoms with Gasteiger partial charge in [0.25, 0.3) is 0 Å². The van der Waals surface area contributed by atoms with Crippen molar-refractivity contribution in [3.05, 3.63) is 0 Å². The molecule has 2 heteroatoms. The number of hydrogen-bond acceptors (Lipinski definition) is 0. The first kappa shape index (κ1) is 17.2. The van der Waals surface area contributed by atoms with Gasteiger partial charge in [-0.2, -0.15) is 0 Å². The molecule has 0 radical (unpaired) electrons. The van der Waals surface area contributed by atoms with Crippen LogP contribution >= 0.6 is 0 Å². The van der Waals surface area contributed by atoms with Crippen molar-refractivity contribution >= 4 is 0 Å². The molecule has 0 amide bonds. The van der Waals surface area contributed by atoms with Crippen LogP contribution in [-0.2, 0) is 0 Å². The van der Waals surface area contributed by atoms with Gasteiger partial charge in [-0.15, -0.1) is 0 Å². The van der Waals surface area contributed by atoms with Crippen molar-refractivity contribution in [2.45, 2.75) is 52.9 Å². The van der Waals surface area contributed by atoms with Crippen molar-refractivity contribution in [3.63, 3.8) is 0 Å². The van der Waals surface area contributed by atoms with Crippen LogP contribution in [0.4, 0.5) is 0 Å². The third kappa shape index (κ3) is 5.61. The molecule has 2 atom stereocenters. The average Bonchev–Trinajstić information content (AvgIpc) is 2.07. The topological polar surface area (TPSA) is 0 Å². The lowest BCUT2D eigenvalue weighted by molar-refractivity contribution is -0.870. The maximum absolute atomic E-state index is 2.49. The third-order valence-corrected chi connectivity index (χ3v) is 4.52. The Hall–Kier alpha value is 0.250. The average molecular weight is 262 g/mol. The molecule has 0 spiro atoms. The summed E-state index contributed by atoms with van der Waals surface area (Å²) in [7, 11) is 6.90. The fraction of sp³-hybridized carbons (Fsp3) is 1.00. The highest BCUT2D eigenvalue weighted by Crippen LogP contribution is 2.45. The molecule has 0 aliphatic heterocycles. The summed E-state index contributed by atoms with van der Waals surface area (Å²) in [5.74, 6) is 1.89. The van der Waals surface area contributed by atoms with E-state index < -0.39 is 0 Å². The maximum Gasteiger partial charge on any atom is 0.0780 e. The van der Waals surface area contributed by atoms with E-state index in [2.05, 4.69) is 41.9 Å². The second-order valence-corrected chi connectivity index (χ2v) is 7.62. The van der Waals surface area contributed by atoms with Crippen LogP contribution in [0.2, 0.25) is 0 Å². The Morgan fingerprint density at radius 3 is 2.24 bits per heavy atom. The monoisotopic (exact) mass is 261 g/mol. The minimum Gasteiger partial charge on any atom is -1.00 e. The lowest BCUT2D eigenvalue weighted by Gasteiger charge is -2.43. The van der Waals surface area contributed by atoms with E-state index in [1.54, 1.807) is 0 Å². The highest BCUT2D eigenvalue weighted by atomic mass is 35.5. The number of rotatable bonds is 4. The lowest BCUT2D eigenvalue weighted by Crippen LogP contribution is -3.00. The minimum absolute atomic E-state index is 0. The summed E-state index contributed by atoms with van der Waals surface area (Å²) in [6.07, 6.45) is 7.16. The second kappa shape index (κ2) is 6.43. The molecule has 0 aromatic heterocycles. The number of quaternary nitrogens is 1. The van der Waals surface area contributed by atoms with E-state index >= 15 is 0 Å². The molecule has 17 heavy (non-hydrogen) atoms. The van der Waals surface area contributed by atoms with Crippen LogP contribution in [0, 0.1) is 17.3 Å². The van der Waals surface area contributed by atoms with Crippen LogP contribution < -0.4 is 12.4 Å². The maximum atomic E-state index is 2.49. The first-order valence-corrected chi connectivity index (χ1v) is 7.03.